The van der Waals surface area contributed by atoms with Gasteiger partial charge in [-0.25, -0.2) is 4.39 Å². The largest absolute Gasteiger partial charge is 0.340 e. The maximum atomic E-state index is 13.5. The maximum Gasteiger partial charge on any atom is 0.228 e. The van der Waals surface area contributed by atoms with E-state index in [1.54, 1.807) is 29.2 Å². The molecule has 0 spiro atoms. The van der Waals surface area contributed by atoms with E-state index in [9.17, 15) is 9.18 Å². The van der Waals surface area contributed by atoms with Crippen molar-refractivity contribution in [2.45, 2.75) is 6.42 Å². The lowest BCUT2D eigenvalue weighted by atomic mass is 9.98. The van der Waals surface area contributed by atoms with Gasteiger partial charge < -0.3 is 9.80 Å². The number of piperazine rings is 1. The molecule has 0 saturated carbocycles. The van der Waals surface area contributed by atoms with Gasteiger partial charge in [-0.2, -0.15) is 5.10 Å². The first-order valence-corrected chi connectivity index (χ1v) is 9.71. The quantitative estimate of drug-likeness (QED) is 0.684. The van der Waals surface area contributed by atoms with Gasteiger partial charge in [-0.05, 0) is 49.0 Å². The number of amides is 1. The molecule has 2 aromatic heterocycles. The fourth-order valence-electron chi connectivity index (χ4n) is 3.78. The molecule has 0 unspecified atom stereocenters. The SMILES string of the molecule is CN1CCN(C(=O)Cc2nn(C)c(-c3ccc(F)cc3)c2-c2ccncc2)CC1. The van der Waals surface area contributed by atoms with Gasteiger partial charge in [-0.15, -0.1) is 0 Å². The van der Waals surface area contributed by atoms with Gasteiger partial charge in [-0.3, -0.25) is 14.5 Å². The zero-order chi connectivity index (χ0) is 20.4. The predicted octanol–water partition coefficient (Wildman–Crippen LogP) is 2.60. The second-order valence-corrected chi connectivity index (χ2v) is 7.40. The van der Waals surface area contributed by atoms with Gasteiger partial charge in [0.15, 0.2) is 0 Å². The van der Waals surface area contributed by atoms with Crippen LogP contribution in [0.3, 0.4) is 0 Å². The predicted molar refractivity (Wildman–Crippen MR) is 110 cm³/mol. The average Bonchev–Trinajstić information content (AvgIpc) is 3.05. The topological polar surface area (TPSA) is 54.3 Å². The van der Waals surface area contributed by atoms with Crippen LogP contribution in [0.5, 0.6) is 0 Å². The third kappa shape index (κ3) is 4.05. The van der Waals surface area contributed by atoms with Gasteiger partial charge in [0.25, 0.3) is 0 Å². The summed E-state index contributed by atoms with van der Waals surface area (Å²) in [6.07, 6.45) is 3.68. The fraction of sp³-hybridized carbons (Fsp3) is 0.318. The second kappa shape index (κ2) is 8.13. The summed E-state index contributed by atoms with van der Waals surface area (Å²) in [5, 5.41) is 4.68. The molecule has 1 amide bonds. The van der Waals surface area contributed by atoms with Crippen LogP contribution in [-0.2, 0) is 18.3 Å². The standard InChI is InChI=1S/C22H24FN5O/c1-26-11-13-28(14-12-26)20(29)15-19-21(16-7-9-24-10-8-16)22(27(2)25-19)17-3-5-18(23)6-4-17/h3-10H,11-15H2,1-2H3. The third-order valence-electron chi connectivity index (χ3n) is 5.38. The normalized spacial score (nSPS) is 14.9. The van der Waals surface area contributed by atoms with Crippen LogP contribution in [0, 0.1) is 5.82 Å². The molecule has 7 heteroatoms. The van der Waals surface area contributed by atoms with Gasteiger partial charge in [0.1, 0.15) is 5.82 Å². The minimum absolute atomic E-state index is 0.0807. The lowest BCUT2D eigenvalue weighted by Crippen LogP contribution is -2.47. The Bertz CT molecular complexity index is 992. The monoisotopic (exact) mass is 393 g/mol. The third-order valence-corrected chi connectivity index (χ3v) is 5.38. The Morgan fingerprint density at radius 2 is 1.62 bits per heavy atom. The molecule has 0 atom stereocenters. The molecule has 0 radical (unpaired) electrons. The average molecular weight is 393 g/mol. The van der Waals surface area contributed by atoms with Crippen molar-refractivity contribution in [2.24, 2.45) is 7.05 Å². The fourth-order valence-corrected chi connectivity index (χ4v) is 3.78. The smallest absolute Gasteiger partial charge is 0.228 e. The van der Waals surface area contributed by atoms with Crippen LogP contribution in [0.2, 0.25) is 0 Å². The van der Waals surface area contributed by atoms with Crippen molar-refractivity contribution < 1.29 is 9.18 Å². The zero-order valence-electron chi connectivity index (χ0n) is 16.7. The molecule has 29 heavy (non-hydrogen) atoms. The number of hydrogen-bond donors (Lipinski definition) is 0. The van der Waals surface area contributed by atoms with Crippen LogP contribution < -0.4 is 0 Å². The van der Waals surface area contributed by atoms with Crippen molar-refractivity contribution in [3.8, 4) is 22.4 Å². The Hall–Kier alpha value is -3.06. The number of likely N-dealkylation sites (N-methyl/N-ethyl adjacent to an activating group) is 1. The molecule has 1 aliphatic heterocycles. The van der Waals surface area contributed by atoms with Crippen molar-refractivity contribution in [1.29, 1.82) is 0 Å². The second-order valence-electron chi connectivity index (χ2n) is 7.40. The molecule has 0 aliphatic carbocycles. The van der Waals surface area contributed by atoms with Gasteiger partial charge in [0.05, 0.1) is 17.8 Å². The van der Waals surface area contributed by atoms with Crippen molar-refractivity contribution in [3.63, 3.8) is 0 Å². The Kier molecular flexibility index (Phi) is 5.40. The van der Waals surface area contributed by atoms with Crippen LogP contribution >= 0.6 is 0 Å². The maximum absolute atomic E-state index is 13.5. The van der Waals surface area contributed by atoms with Crippen molar-refractivity contribution in [2.75, 3.05) is 33.2 Å². The van der Waals surface area contributed by atoms with Gasteiger partial charge in [0.2, 0.25) is 5.91 Å². The Morgan fingerprint density at radius 1 is 0.966 bits per heavy atom. The molecule has 1 aromatic carbocycles. The summed E-state index contributed by atoms with van der Waals surface area (Å²) in [5.41, 5.74) is 4.27. The van der Waals surface area contributed by atoms with E-state index in [-0.39, 0.29) is 18.1 Å². The van der Waals surface area contributed by atoms with E-state index in [2.05, 4.69) is 22.0 Å². The number of aromatic nitrogens is 3. The molecule has 6 nitrogen and oxygen atoms in total. The number of halogens is 1. The van der Waals surface area contributed by atoms with Crippen LogP contribution in [0.15, 0.2) is 48.8 Å². The molecule has 0 N–H and O–H groups in total. The number of benzene rings is 1. The molecule has 1 fully saturated rings. The minimum atomic E-state index is -0.285. The van der Waals surface area contributed by atoms with E-state index in [0.717, 1.165) is 54.3 Å². The highest BCUT2D eigenvalue weighted by Crippen LogP contribution is 2.35. The van der Waals surface area contributed by atoms with E-state index in [1.807, 2.05) is 24.1 Å². The highest BCUT2D eigenvalue weighted by atomic mass is 19.1. The summed E-state index contributed by atoms with van der Waals surface area (Å²) in [7, 11) is 3.92. The number of rotatable bonds is 4. The summed E-state index contributed by atoms with van der Waals surface area (Å²) in [6.45, 7) is 3.23. The van der Waals surface area contributed by atoms with Crippen LogP contribution in [0.4, 0.5) is 4.39 Å². The van der Waals surface area contributed by atoms with Crippen molar-refractivity contribution >= 4 is 5.91 Å². The van der Waals surface area contributed by atoms with Gasteiger partial charge in [-0.1, -0.05) is 0 Å². The zero-order valence-corrected chi connectivity index (χ0v) is 16.7. The van der Waals surface area contributed by atoms with Crippen LogP contribution in [0.25, 0.3) is 22.4 Å². The Morgan fingerprint density at radius 3 is 2.28 bits per heavy atom. The molecule has 0 bridgehead atoms. The summed E-state index contributed by atoms with van der Waals surface area (Å²) < 4.78 is 15.2. The van der Waals surface area contributed by atoms with Gasteiger partial charge >= 0.3 is 0 Å². The van der Waals surface area contributed by atoms with Crippen LogP contribution in [0.1, 0.15) is 5.69 Å². The molecule has 150 valence electrons. The summed E-state index contributed by atoms with van der Waals surface area (Å²) >= 11 is 0. The molecular formula is C22H24FN5O. The molecule has 1 aliphatic rings. The number of carbonyl (C=O) groups is 1. The van der Waals surface area contributed by atoms with Crippen molar-refractivity contribution in [3.05, 3.63) is 60.3 Å². The molecular weight excluding hydrogens is 369 g/mol. The van der Waals surface area contributed by atoms with Crippen LogP contribution in [-0.4, -0.2) is 63.7 Å². The summed E-state index contributed by atoms with van der Waals surface area (Å²) in [5.74, 6) is -0.205. The van der Waals surface area contributed by atoms with E-state index in [1.165, 1.54) is 12.1 Å². The highest BCUT2D eigenvalue weighted by molar-refractivity contribution is 5.87. The first-order chi connectivity index (χ1) is 14.0. The number of aryl methyl sites for hydroxylation is 1. The Labute approximate surface area is 169 Å². The lowest BCUT2D eigenvalue weighted by Gasteiger charge is -2.32. The van der Waals surface area contributed by atoms with E-state index in [0.29, 0.717) is 0 Å². The number of pyridine rings is 1. The highest BCUT2D eigenvalue weighted by Gasteiger charge is 2.25. The van der Waals surface area contributed by atoms with E-state index >= 15 is 0 Å². The van der Waals surface area contributed by atoms with E-state index in [4.69, 9.17) is 0 Å². The molecule has 3 aromatic rings. The Balaban J connectivity index is 1.73. The van der Waals surface area contributed by atoms with Crippen molar-refractivity contribution in [1.82, 2.24) is 24.6 Å². The molecule has 1 saturated heterocycles. The first-order valence-electron chi connectivity index (χ1n) is 9.71. The van der Waals surface area contributed by atoms with Gasteiger partial charge in [0, 0.05) is 56.7 Å². The summed E-state index contributed by atoms with van der Waals surface area (Å²) in [4.78, 5) is 21.2. The summed E-state index contributed by atoms with van der Waals surface area (Å²) in [6, 6.07) is 10.2. The number of hydrogen-bond acceptors (Lipinski definition) is 4. The first kappa shape index (κ1) is 19.3. The number of carbonyl (C=O) groups excluding carboxylic acids is 1. The minimum Gasteiger partial charge on any atom is -0.340 e. The number of nitrogens with zero attached hydrogens (tertiary/aromatic N) is 5. The lowest BCUT2D eigenvalue weighted by molar-refractivity contribution is -0.132. The molecule has 4 rings (SSSR count). The van der Waals surface area contributed by atoms with E-state index < -0.39 is 0 Å². The molecule has 3 heterocycles.